The van der Waals surface area contributed by atoms with Crippen molar-refractivity contribution in [2.24, 2.45) is 0 Å². The first kappa shape index (κ1) is 24.6. The Morgan fingerprint density at radius 1 is 1.26 bits per heavy atom. The smallest absolute Gasteiger partial charge is 0.492 e. The van der Waals surface area contributed by atoms with Gasteiger partial charge in [0.25, 0.3) is 0 Å². The van der Waals surface area contributed by atoms with Gasteiger partial charge in [0, 0.05) is 30.2 Å². The maximum atomic E-state index is 12.8. The Morgan fingerprint density at radius 3 is 2.53 bits per heavy atom. The third-order valence-corrected chi connectivity index (χ3v) is 7.42. The second-order valence-corrected chi connectivity index (χ2v) is 10.5. The standard InChI is InChI=1S/C21H19BrN2O4S.BF4/c1-28-20-15(23-7-6-16-11(9-23)8-17(22)29-16)5-4-13-18(20)24(12-2-3-12)10-14(19(13)25)21(26)27;2-1(3,4)5/h4-5,8,10,12H,2-3,6-7,9H2,1H3,(H,26,27);/q;-1. The molecule has 3 heterocycles. The molecule has 0 bridgehead atoms. The summed E-state index contributed by atoms with van der Waals surface area (Å²) in [5, 5.41) is 9.87. The highest BCUT2D eigenvalue weighted by atomic mass is 79.9. The van der Waals surface area contributed by atoms with E-state index in [9.17, 15) is 32.0 Å². The topological polar surface area (TPSA) is 71.8 Å². The molecular formula is C21H19BBrF4N2O4S-. The molecule has 0 unspecified atom stereocenters. The molecule has 0 radical (unpaired) electrons. The number of ether oxygens (including phenoxy) is 1. The summed E-state index contributed by atoms with van der Waals surface area (Å²) in [6.07, 6.45) is 4.39. The van der Waals surface area contributed by atoms with Crippen molar-refractivity contribution in [2.45, 2.75) is 31.8 Å². The second kappa shape index (κ2) is 9.25. The van der Waals surface area contributed by atoms with Gasteiger partial charge in [-0.25, -0.2) is 4.79 Å². The van der Waals surface area contributed by atoms with Gasteiger partial charge in [-0.2, -0.15) is 0 Å². The fraction of sp³-hybridized carbons (Fsp3) is 0.333. The lowest BCUT2D eigenvalue weighted by molar-refractivity contribution is 0.0694. The number of hydrogen-bond donors (Lipinski definition) is 1. The van der Waals surface area contributed by atoms with Crippen LogP contribution in [0.4, 0.5) is 23.0 Å². The second-order valence-electron chi connectivity index (χ2n) is 7.99. The van der Waals surface area contributed by atoms with Crippen LogP contribution in [0.5, 0.6) is 5.75 Å². The summed E-state index contributed by atoms with van der Waals surface area (Å²) in [6, 6.07) is 6.01. The van der Waals surface area contributed by atoms with Crippen molar-refractivity contribution in [2.75, 3.05) is 18.6 Å². The zero-order valence-electron chi connectivity index (χ0n) is 17.9. The van der Waals surface area contributed by atoms with Crippen LogP contribution in [-0.4, -0.2) is 36.6 Å². The molecule has 2 aliphatic rings. The highest BCUT2D eigenvalue weighted by Gasteiger charge is 2.30. The first-order valence-corrected chi connectivity index (χ1v) is 12.0. The Labute approximate surface area is 204 Å². The first-order valence-electron chi connectivity index (χ1n) is 10.4. The number of halogens is 5. The molecule has 0 atom stereocenters. The molecular weight excluding hydrogens is 543 g/mol. The minimum Gasteiger partial charge on any atom is -0.492 e. The molecule has 5 rings (SSSR count). The van der Waals surface area contributed by atoms with Crippen LogP contribution in [0.1, 0.15) is 39.7 Å². The van der Waals surface area contributed by atoms with Crippen LogP contribution in [0.3, 0.4) is 0 Å². The van der Waals surface area contributed by atoms with Gasteiger partial charge in [0.15, 0.2) is 5.75 Å². The molecule has 1 fully saturated rings. The third kappa shape index (κ3) is 5.09. The largest absolute Gasteiger partial charge is 0.673 e. The molecule has 34 heavy (non-hydrogen) atoms. The molecule has 1 saturated carbocycles. The van der Waals surface area contributed by atoms with Crippen molar-refractivity contribution in [1.29, 1.82) is 0 Å². The van der Waals surface area contributed by atoms with Gasteiger partial charge < -0.3 is 36.6 Å². The highest BCUT2D eigenvalue weighted by molar-refractivity contribution is 9.11. The van der Waals surface area contributed by atoms with Gasteiger partial charge in [0.05, 0.1) is 27.5 Å². The number of nitrogens with zero attached hydrogens (tertiary/aromatic N) is 2. The Balaban J connectivity index is 0.000000499. The average Bonchev–Trinajstić information content (AvgIpc) is 3.52. The van der Waals surface area contributed by atoms with Gasteiger partial charge in [-0.1, -0.05) is 0 Å². The van der Waals surface area contributed by atoms with Gasteiger partial charge in [0.1, 0.15) is 5.56 Å². The van der Waals surface area contributed by atoms with Gasteiger partial charge in [-0.3, -0.25) is 4.79 Å². The number of fused-ring (bicyclic) bond motifs is 2. The van der Waals surface area contributed by atoms with Crippen LogP contribution in [0.2, 0.25) is 0 Å². The predicted molar refractivity (Wildman–Crippen MR) is 127 cm³/mol. The lowest BCUT2D eigenvalue weighted by Crippen LogP contribution is -2.30. The quantitative estimate of drug-likeness (QED) is 0.325. The summed E-state index contributed by atoms with van der Waals surface area (Å²) < 4.78 is 47.9. The number of aromatic carboxylic acids is 1. The summed E-state index contributed by atoms with van der Waals surface area (Å²) in [6.45, 7) is 1.64. The third-order valence-electron chi connectivity index (χ3n) is 5.68. The van der Waals surface area contributed by atoms with E-state index >= 15 is 0 Å². The number of methoxy groups -OCH3 is 1. The van der Waals surface area contributed by atoms with E-state index < -0.39 is 18.7 Å². The molecule has 1 aliphatic heterocycles. The van der Waals surface area contributed by atoms with E-state index in [1.54, 1.807) is 24.5 Å². The number of thiophene rings is 1. The van der Waals surface area contributed by atoms with Gasteiger partial charge in [0.2, 0.25) is 5.43 Å². The van der Waals surface area contributed by atoms with E-state index in [0.29, 0.717) is 16.7 Å². The average molecular weight is 562 g/mol. The minimum atomic E-state index is -6.00. The molecule has 1 aliphatic carbocycles. The minimum absolute atomic E-state index is 0.190. The van der Waals surface area contributed by atoms with Crippen molar-refractivity contribution in [1.82, 2.24) is 4.57 Å². The van der Waals surface area contributed by atoms with E-state index in [1.165, 1.54) is 16.6 Å². The molecule has 0 spiro atoms. The summed E-state index contributed by atoms with van der Waals surface area (Å²) >= 11 is 5.36. The molecule has 1 aromatic carbocycles. The Kier molecular flexibility index (Phi) is 6.69. The molecule has 0 amide bonds. The summed E-state index contributed by atoms with van der Waals surface area (Å²) in [5.41, 5.74) is 2.28. The summed E-state index contributed by atoms with van der Waals surface area (Å²) in [5.74, 6) is -0.554. The van der Waals surface area contributed by atoms with Crippen LogP contribution in [0, 0.1) is 0 Å². The first-order chi connectivity index (χ1) is 16.0. The number of hydrogen-bond acceptors (Lipinski definition) is 5. The lowest BCUT2D eigenvalue weighted by Gasteiger charge is -2.31. The Morgan fingerprint density at radius 2 is 1.94 bits per heavy atom. The Bertz CT molecular complexity index is 1320. The Hall–Kier alpha value is -2.54. The molecule has 13 heteroatoms. The fourth-order valence-electron chi connectivity index (χ4n) is 4.15. The van der Waals surface area contributed by atoms with Crippen LogP contribution < -0.4 is 15.1 Å². The number of carboxylic acid groups (broad SMARTS) is 1. The van der Waals surface area contributed by atoms with Crippen molar-refractivity contribution < 1.29 is 31.9 Å². The predicted octanol–water partition coefficient (Wildman–Crippen LogP) is 5.73. The normalized spacial score (nSPS) is 15.5. The molecule has 1 N–H and O–H groups in total. The van der Waals surface area contributed by atoms with Gasteiger partial charge in [-0.05, 0) is 59.0 Å². The molecule has 6 nitrogen and oxygen atoms in total. The van der Waals surface area contributed by atoms with Crippen LogP contribution in [0.15, 0.2) is 33.0 Å². The van der Waals surface area contributed by atoms with E-state index in [4.69, 9.17) is 4.74 Å². The number of benzene rings is 1. The molecule has 2 aromatic heterocycles. The SMILES string of the molecule is COc1c(N2CCc3sc(Br)cc3C2)ccc2c(=O)c(C(=O)O)cn(C3CC3)c12.F[B-](F)(F)F. The van der Waals surface area contributed by atoms with E-state index in [2.05, 4.69) is 26.9 Å². The van der Waals surface area contributed by atoms with Crippen molar-refractivity contribution in [3.05, 3.63) is 54.4 Å². The maximum Gasteiger partial charge on any atom is 0.673 e. The molecule has 0 saturated heterocycles. The molecule has 3 aromatic rings. The van der Waals surface area contributed by atoms with Crippen LogP contribution in [-0.2, 0) is 13.0 Å². The van der Waals surface area contributed by atoms with E-state index in [0.717, 1.165) is 41.8 Å². The van der Waals surface area contributed by atoms with Gasteiger partial charge >= 0.3 is 13.2 Å². The molecule has 182 valence electrons. The number of anilines is 1. The number of aromatic nitrogens is 1. The number of carbonyl (C=O) groups is 1. The maximum absolute atomic E-state index is 12.8. The van der Waals surface area contributed by atoms with E-state index in [1.807, 2.05) is 10.6 Å². The zero-order chi connectivity index (χ0) is 24.8. The van der Waals surface area contributed by atoms with Crippen molar-refractivity contribution in [3.63, 3.8) is 0 Å². The van der Waals surface area contributed by atoms with Crippen molar-refractivity contribution >= 4 is 57.1 Å². The fourth-order valence-corrected chi connectivity index (χ4v) is 5.90. The van der Waals surface area contributed by atoms with Crippen LogP contribution >= 0.6 is 27.3 Å². The highest BCUT2D eigenvalue weighted by Crippen LogP contribution is 2.43. The zero-order valence-corrected chi connectivity index (χ0v) is 20.3. The van der Waals surface area contributed by atoms with E-state index in [-0.39, 0.29) is 11.6 Å². The number of pyridine rings is 1. The van der Waals surface area contributed by atoms with Gasteiger partial charge in [-0.15, -0.1) is 11.3 Å². The lowest BCUT2D eigenvalue weighted by atomic mass is 10.1. The van der Waals surface area contributed by atoms with Crippen LogP contribution in [0.25, 0.3) is 10.9 Å². The number of carboxylic acids is 1. The summed E-state index contributed by atoms with van der Waals surface area (Å²) in [7, 11) is -4.39. The monoisotopic (exact) mass is 561 g/mol. The van der Waals surface area contributed by atoms with Crippen molar-refractivity contribution in [3.8, 4) is 5.75 Å². The number of rotatable bonds is 4. The summed E-state index contributed by atoms with van der Waals surface area (Å²) in [4.78, 5) is 28.1.